The molecular weight excluding hydrogens is 243 g/mol. The lowest BCUT2D eigenvalue weighted by Gasteiger charge is -2.13. The van der Waals surface area contributed by atoms with Crippen LogP contribution in [0.3, 0.4) is 0 Å². The van der Waals surface area contributed by atoms with Gasteiger partial charge in [-0.2, -0.15) is 0 Å². The first kappa shape index (κ1) is 14.2. The minimum absolute atomic E-state index is 0.0230. The van der Waals surface area contributed by atoms with Gasteiger partial charge in [-0.05, 0) is 19.9 Å². The number of carbonyl (C=O) groups excluding carboxylic acids is 1. The van der Waals surface area contributed by atoms with E-state index in [0.29, 0.717) is 11.5 Å². The van der Waals surface area contributed by atoms with Gasteiger partial charge < -0.3 is 9.84 Å². The molecule has 1 unspecified atom stereocenters. The molecule has 3 nitrogen and oxygen atoms in total. The highest BCUT2D eigenvalue weighted by atomic mass is 32.2. The van der Waals surface area contributed by atoms with Crippen molar-refractivity contribution in [3.05, 3.63) is 29.6 Å². The topological polar surface area (TPSA) is 46.5 Å². The number of Topliss-reactive ketones (excluding diaryl/α,β-unsaturated/α-hetero) is 1. The van der Waals surface area contributed by atoms with E-state index in [1.165, 1.54) is 13.0 Å². The normalized spacial score (nSPS) is 12.5. The van der Waals surface area contributed by atoms with Crippen molar-refractivity contribution in [3.8, 4) is 0 Å². The molecular formula is C12H15FO3S. The molecule has 5 heteroatoms. The Hall–Kier alpha value is -0.910. The number of halogens is 1. The molecule has 1 rings (SSSR count). The van der Waals surface area contributed by atoms with Crippen molar-refractivity contribution in [3.63, 3.8) is 0 Å². The standard InChI is InChI=1S/C12H15FO3S/c1-3-16-12(15)9-5-4-6-10(11(9)13)17-7-8(2)14/h4-6,12,15H,3,7H2,1-2H3. The summed E-state index contributed by atoms with van der Waals surface area (Å²) in [6.07, 6.45) is -1.27. The third-order valence-electron chi connectivity index (χ3n) is 2.01. The van der Waals surface area contributed by atoms with Crippen molar-refractivity contribution in [2.45, 2.75) is 25.0 Å². The fourth-order valence-corrected chi connectivity index (χ4v) is 2.04. The summed E-state index contributed by atoms with van der Waals surface area (Å²) in [6, 6.07) is 4.67. The summed E-state index contributed by atoms with van der Waals surface area (Å²) in [5, 5.41) is 9.56. The fourth-order valence-electron chi connectivity index (χ4n) is 1.26. The van der Waals surface area contributed by atoms with E-state index < -0.39 is 12.1 Å². The summed E-state index contributed by atoms with van der Waals surface area (Å²) < 4.78 is 18.9. The van der Waals surface area contributed by atoms with Crippen molar-refractivity contribution in [1.29, 1.82) is 0 Å². The number of carbonyl (C=O) groups is 1. The van der Waals surface area contributed by atoms with Crippen LogP contribution in [-0.4, -0.2) is 23.2 Å². The van der Waals surface area contributed by atoms with Crippen LogP contribution in [0.1, 0.15) is 25.7 Å². The molecule has 0 aliphatic rings. The zero-order valence-electron chi connectivity index (χ0n) is 9.77. The van der Waals surface area contributed by atoms with Crippen LogP contribution in [0.15, 0.2) is 23.1 Å². The number of rotatable bonds is 6. The minimum Gasteiger partial charge on any atom is -0.364 e. The molecule has 0 aliphatic carbocycles. The molecule has 0 heterocycles. The van der Waals surface area contributed by atoms with Crippen LogP contribution in [0, 0.1) is 5.82 Å². The number of aliphatic hydroxyl groups excluding tert-OH is 1. The van der Waals surface area contributed by atoms with Gasteiger partial charge in [-0.15, -0.1) is 11.8 Å². The van der Waals surface area contributed by atoms with Gasteiger partial charge in [0, 0.05) is 17.1 Å². The maximum absolute atomic E-state index is 13.9. The minimum atomic E-state index is -1.27. The third-order valence-corrected chi connectivity index (χ3v) is 3.19. The van der Waals surface area contributed by atoms with Crippen LogP contribution in [-0.2, 0) is 9.53 Å². The monoisotopic (exact) mass is 258 g/mol. The zero-order valence-corrected chi connectivity index (χ0v) is 10.6. The lowest BCUT2D eigenvalue weighted by atomic mass is 10.2. The first-order chi connectivity index (χ1) is 8.06. The summed E-state index contributed by atoms with van der Waals surface area (Å²) in [4.78, 5) is 11.2. The molecule has 1 atom stereocenters. The average molecular weight is 258 g/mol. The van der Waals surface area contributed by atoms with Crippen molar-refractivity contribution in [1.82, 2.24) is 0 Å². The molecule has 1 aromatic rings. The predicted molar refractivity (Wildman–Crippen MR) is 64.4 cm³/mol. The third kappa shape index (κ3) is 4.11. The first-order valence-corrected chi connectivity index (χ1v) is 6.25. The zero-order chi connectivity index (χ0) is 12.8. The van der Waals surface area contributed by atoms with Crippen molar-refractivity contribution in [2.24, 2.45) is 0 Å². The number of aliphatic hydroxyl groups is 1. The molecule has 94 valence electrons. The molecule has 0 saturated heterocycles. The molecule has 0 fully saturated rings. The Morgan fingerprint density at radius 3 is 2.88 bits per heavy atom. The van der Waals surface area contributed by atoms with Gasteiger partial charge in [0.2, 0.25) is 0 Å². The van der Waals surface area contributed by atoms with E-state index in [1.807, 2.05) is 0 Å². The number of hydrogen-bond donors (Lipinski definition) is 1. The van der Waals surface area contributed by atoms with E-state index >= 15 is 0 Å². The molecule has 17 heavy (non-hydrogen) atoms. The highest BCUT2D eigenvalue weighted by molar-refractivity contribution is 8.00. The molecule has 0 radical (unpaired) electrons. The van der Waals surface area contributed by atoms with Crippen molar-refractivity contribution < 1.29 is 19.0 Å². The molecule has 1 N–H and O–H groups in total. The summed E-state index contributed by atoms with van der Waals surface area (Å²) in [5.74, 6) is -0.338. The molecule has 0 aromatic heterocycles. The van der Waals surface area contributed by atoms with Gasteiger partial charge in [0.15, 0.2) is 6.29 Å². The Labute approximate surface area is 104 Å². The van der Waals surface area contributed by atoms with Gasteiger partial charge in [-0.3, -0.25) is 4.79 Å². The highest BCUT2D eigenvalue weighted by Gasteiger charge is 2.16. The Kier molecular flexibility index (Phi) is 5.61. The van der Waals surface area contributed by atoms with Gasteiger partial charge in [0.05, 0.1) is 5.75 Å². The quantitative estimate of drug-likeness (QED) is 0.629. The number of thioether (sulfide) groups is 1. The van der Waals surface area contributed by atoms with Crippen LogP contribution in [0.25, 0.3) is 0 Å². The number of hydrogen-bond acceptors (Lipinski definition) is 4. The molecule has 0 spiro atoms. The largest absolute Gasteiger partial charge is 0.364 e. The molecule has 0 bridgehead atoms. The second kappa shape index (κ2) is 6.74. The second-order valence-corrected chi connectivity index (χ2v) is 4.47. The lowest BCUT2D eigenvalue weighted by Crippen LogP contribution is -2.06. The summed E-state index contributed by atoms with van der Waals surface area (Å²) >= 11 is 1.11. The molecule has 1 aromatic carbocycles. The maximum atomic E-state index is 13.9. The Bertz CT molecular complexity index is 395. The first-order valence-electron chi connectivity index (χ1n) is 5.26. The van der Waals surface area contributed by atoms with Crippen LogP contribution < -0.4 is 0 Å². The van der Waals surface area contributed by atoms with Gasteiger partial charge in [0.1, 0.15) is 11.6 Å². The van der Waals surface area contributed by atoms with Crippen molar-refractivity contribution in [2.75, 3.05) is 12.4 Å². The van der Waals surface area contributed by atoms with Crippen molar-refractivity contribution >= 4 is 17.5 Å². The van der Waals surface area contributed by atoms with E-state index in [4.69, 9.17) is 4.74 Å². The predicted octanol–water partition coefficient (Wildman–Crippen LogP) is 2.53. The van der Waals surface area contributed by atoms with Crippen LogP contribution >= 0.6 is 11.8 Å². The van der Waals surface area contributed by atoms with E-state index in [2.05, 4.69) is 0 Å². The van der Waals surface area contributed by atoms with E-state index in [1.54, 1.807) is 19.1 Å². The molecule has 0 amide bonds. The van der Waals surface area contributed by atoms with Gasteiger partial charge in [-0.25, -0.2) is 4.39 Å². The average Bonchev–Trinajstić information content (AvgIpc) is 2.27. The smallest absolute Gasteiger partial charge is 0.184 e. The molecule has 0 saturated carbocycles. The Balaban J connectivity index is 2.86. The van der Waals surface area contributed by atoms with Gasteiger partial charge in [-0.1, -0.05) is 12.1 Å². The Morgan fingerprint density at radius 2 is 2.29 bits per heavy atom. The fraction of sp³-hybridized carbons (Fsp3) is 0.417. The second-order valence-electron chi connectivity index (χ2n) is 3.46. The highest BCUT2D eigenvalue weighted by Crippen LogP contribution is 2.27. The van der Waals surface area contributed by atoms with E-state index in [9.17, 15) is 14.3 Å². The lowest BCUT2D eigenvalue weighted by molar-refractivity contribution is -0.114. The SMILES string of the molecule is CCOC(O)c1cccc(SCC(C)=O)c1F. The number of benzene rings is 1. The van der Waals surface area contributed by atoms with Crippen LogP contribution in [0.4, 0.5) is 4.39 Å². The molecule has 0 aliphatic heterocycles. The van der Waals surface area contributed by atoms with Crippen LogP contribution in [0.2, 0.25) is 0 Å². The van der Waals surface area contributed by atoms with E-state index in [-0.39, 0.29) is 17.1 Å². The summed E-state index contributed by atoms with van der Waals surface area (Å²) in [7, 11) is 0. The maximum Gasteiger partial charge on any atom is 0.184 e. The number of ether oxygens (including phenoxy) is 1. The number of ketones is 1. The summed E-state index contributed by atoms with van der Waals surface area (Å²) in [5.41, 5.74) is 0.0976. The summed E-state index contributed by atoms with van der Waals surface area (Å²) in [6.45, 7) is 3.46. The Morgan fingerprint density at radius 1 is 1.59 bits per heavy atom. The van der Waals surface area contributed by atoms with Gasteiger partial charge in [0.25, 0.3) is 0 Å². The van der Waals surface area contributed by atoms with E-state index in [0.717, 1.165) is 11.8 Å². The van der Waals surface area contributed by atoms with Gasteiger partial charge >= 0.3 is 0 Å². The van der Waals surface area contributed by atoms with Crippen LogP contribution in [0.5, 0.6) is 0 Å².